The molecule has 1 aliphatic rings. The zero-order chi connectivity index (χ0) is 24.5. The van der Waals surface area contributed by atoms with Gasteiger partial charge in [0.05, 0.1) is 11.6 Å². The number of rotatable bonds is 6. The van der Waals surface area contributed by atoms with Crippen molar-refractivity contribution in [3.05, 3.63) is 102 Å². The third kappa shape index (κ3) is 4.43. The number of aliphatic hydroxyl groups is 2. The summed E-state index contributed by atoms with van der Waals surface area (Å²) in [4.78, 5) is 26.7. The van der Waals surface area contributed by atoms with Crippen molar-refractivity contribution in [2.24, 2.45) is 0 Å². The number of carbonyl (C=O) groups is 2. The van der Waals surface area contributed by atoms with Gasteiger partial charge < -0.3 is 25.0 Å². The summed E-state index contributed by atoms with van der Waals surface area (Å²) in [6.45, 7) is 2.48. The van der Waals surface area contributed by atoms with Gasteiger partial charge in [-0.25, -0.2) is 0 Å². The maximum absolute atomic E-state index is 12.7. The van der Waals surface area contributed by atoms with Crippen molar-refractivity contribution >= 4 is 22.7 Å². The number of carbonyl (C=O) groups excluding carboxylic acids is 2. The highest BCUT2D eigenvalue weighted by Gasteiger charge is 2.35. The lowest BCUT2D eigenvalue weighted by molar-refractivity contribution is -0.153. The number of nitrogens with zero attached hydrogens (tertiary/aromatic N) is 2. The van der Waals surface area contributed by atoms with Crippen molar-refractivity contribution in [3.63, 3.8) is 0 Å². The van der Waals surface area contributed by atoms with Crippen LogP contribution in [-0.2, 0) is 22.7 Å². The fourth-order valence-corrected chi connectivity index (χ4v) is 4.57. The molecule has 4 aromatic rings. The number of amides is 2. The van der Waals surface area contributed by atoms with Gasteiger partial charge in [-0.1, -0.05) is 54.6 Å². The largest absolute Gasteiger partial charge is 0.380 e. The van der Waals surface area contributed by atoms with Crippen molar-refractivity contribution in [1.82, 2.24) is 14.8 Å². The average Bonchev–Trinajstić information content (AvgIpc) is 3.52. The third-order valence-electron chi connectivity index (χ3n) is 6.60. The molecule has 35 heavy (non-hydrogen) atoms. The molecule has 3 aromatic carbocycles. The predicted octanol–water partition coefficient (Wildman–Crippen LogP) is 3.07. The molecule has 7 heteroatoms. The molecule has 1 aliphatic heterocycles. The standard InChI is InChI=1S/C28H27N3O4/c1-18(19-10-12-23(13-11-19)31-15-14-20-6-4-5-9-24(20)31)29-27(34)25(32)26(33)28(35)30-16-21-7-2-3-8-22(21)17-30/h2-15,18,25-26,32-33H,16-17H2,1H3,(H,29,34)/t18-,25+,26+/m0/s1. The van der Waals surface area contributed by atoms with E-state index in [1.807, 2.05) is 66.9 Å². The maximum Gasteiger partial charge on any atom is 0.255 e. The second kappa shape index (κ2) is 9.37. The second-order valence-corrected chi connectivity index (χ2v) is 8.92. The van der Waals surface area contributed by atoms with Crippen molar-refractivity contribution < 1.29 is 19.8 Å². The van der Waals surface area contributed by atoms with E-state index in [1.54, 1.807) is 6.92 Å². The van der Waals surface area contributed by atoms with Crippen LogP contribution < -0.4 is 5.32 Å². The molecule has 0 unspecified atom stereocenters. The van der Waals surface area contributed by atoms with Crippen LogP contribution in [0.2, 0.25) is 0 Å². The summed E-state index contributed by atoms with van der Waals surface area (Å²) in [5.41, 5.74) is 4.92. The highest BCUT2D eigenvalue weighted by molar-refractivity contribution is 5.91. The molecule has 0 saturated heterocycles. The number of fused-ring (bicyclic) bond motifs is 2. The Hall–Kier alpha value is -3.94. The third-order valence-corrected chi connectivity index (χ3v) is 6.60. The Balaban J connectivity index is 1.21. The van der Waals surface area contributed by atoms with E-state index in [0.717, 1.165) is 33.3 Å². The first-order chi connectivity index (χ1) is 16.9. The molecule has 0 fully saturated rings. The van der Waals surface area contributed by atoms with Crippen LogP contribution in [-0.4, -0.2) is 43.7 Å². The van der Waals surface area contributed by atoms with Crippen molar-refractivity contribution in [3.8, 4) is 5.69 Å². The lowest BCUT2D eigenvalue weighted by Gasteiger charge is -2.24. The van der Waals surface area contributed by atoms with Crippen LogP contribution >= 0.6 is 0 Å². The fraction of sp³-hybridized carbons (Fsp3) is 0.214. The summed E-state index contributed by atoms with van der Waals surface area (Å²) in [5.74, 6) is -1.46. The smallest absolute Gasteiger partial charge is 0.255 e. The number of benzene rings is 3. The summed E-state index contributed by atoms with van der Waals surface area (Å²) in [7, 11) is 0. The Kier molecular flexibility index (Phi) is 6.11. The molecule has 0 radical (unpaired) electrons. The lowest BCUT2D eigenvalue weighted by Crippen LogP contribution is -2.50. The number of hydrogen-bond donors (Lipinski definition) is 3. The Labute approximate surface area is 203 Å². The average molecular weight is 470 g/mol. The first-order valence-electron chi connectivity index (χ1n) is 11.6. The number of aromatic nitrogens is 1. The SMILES string of the molecule is C[C@H](NC(=O)[C@H](O)[C@@H](O)C(=O)N1Cc2ccccc2C1)c1ccc(-n2ccc3ccccc32)cc1. The number of nitrogens with one attached hydrogen (secondary N) is 1. The van der Waals surface area contributed by atoms with E-state index in [-0.39, 0.29) is 0 Å². The summed E-state index contributed by atoms with van der Waals surface area (Å²) < 4.78 is 2.09. The van der Waals surface area contributed by atoms with E-state index in [0.29, 0.717) is 13.1 Å². The normalized spacial score (nSPS) is 15.5. The topological polar surface area (TPSA) is 94.8 Å². The van der Waals surface area contributed by atoms with Gasteiger partial charge in [0.1, 0.15) is 0 Å². The minimum atomic E-state index is -1.86. The van der Waals surface area contributed by atoms with Crippen LogP contribution in [0.4, 0.5) is 0 Å². The van der Waals surface area contributed by atoms with E-state index < -0.39 is 30.1 Å². The molecule has 0 aliphatic carbocycles. The highest BCUT2D eigenvalue weighted by Crippen LogP contribution is 2.24. The van der Waals surface area contributed by atoms with Crippen LogP contribution in [0.25, 0.3) is 16.6 Å². The minimum Gasteiger partial charge on any atom is -0.380 e. The molecule has 3 N–H and O–H groups in total. The second-order valence-electron chi connectivity index (χ2n) is 8.92. The Morgan fingerprint density at radius 1 is 0.829 bits per heavy atom. The van der Waals surface area contributed by atoms with E-state index in [9.17, 15) is 19.8 Å². The zero-order valence-corrected chi connectivity index (χ0v) is 19.3. The minimum absolute atomic E-state index is 0.347. The predicted molar refractivity (Wildman–Crippen MR) is 133 cm³/mol. The van der Waals surface area contributed by atoms with Gasteiger partial charge >= 0.3 is 0 Å². The molecule has 3 atom stereocenters. The summed E-state index contributed by atoms with van der Waals surface area (Å²) >= 11 is 0. The first kappa shape index (κ1) is 22.8. The number of aliphatic hydroxyl groups excluding tert-OH is 2. The van der Waals surface area contributed by atoms with Crippen LogP contribution in [0.1, 0.15) is 29.7 Å². The number of para-hydroxylation sites is 1. The molecule has 5 rings (SSSR count). The summed E-state index contributed by atoms with van der Waals surface area (Å²) in [6.07, 6.45) is -1.68. The van der Waals surface area contributed by atoms with Gasteiger partial charge in [-0.3, -0.25) is 9.59 Å². The molecule has 2 heterocycles. The highest BCUT2D eigenvalue weighted by atomic mass is 16.3. The quantitative estimate of drug-likeness (QED) is 0.405. The van der Waals surface area contributed by atoms with Crippen molar-refractivity contribution in [1.29, 1.82) is 0 Å². The molecule has 0 bridgehead atoms. The van der Waals surface area contributed by atoms with E-state index in [2.05, 4.69) is 28.1 Å². The monoisotopic (exact) mass is 469 g/mol. The Bertz CT molecular complexity index is 1350. The van der Waals surface area contributed by atoms with Crippen LogP contribution in [0.15, 0.2) is 85.1 Å². The molecular weight excluding hydrogens is 442 g/mol. The van der Waals surface area contributed by atoms with Crippen molar-refractivity contribution in [2.75, 3.05) is 0 Å². The molecule has 0 saturated carbocycles. The van der Waals surface area contributed by atoms with Crippen LogP contribution in [0.5, 0.6) is 0 Å². The molecule has 1 aromatic heterocycles. The Morgan fingerprint density at radius 2 is 1.46 bits per heavy atom. The van der Waals surface area contributed by atoms with Gasteiger partial charge in [0.2, 0.25) is 0 Å². The van der Waals surface area contributed by atoms with Gasteiger partial charge in [-0.2, -0.15) is 0 Å². The first-order valence-corrected chi connectivity index (χ1v) is 11.6. The van der Waals surface area contributed by atoms with Crippen LogP contribution in [0.3, 0.4) is 0 Å². The van der Waals surface area contributed by atoms with E-state index in [1.165, 1.54) is 4.90 Å². The van der Waals surface area contributed by atoms with Gasteiger partial charge in [-0.15, -0.1) is 0 Å². The number of hydrogen-bond acceptors (Lipinski definition) is 4. The molecular formula is C28H27N3O4. The van der Waals surface area contributed by atoms with Gasteiger partial charge in [0.25, 0.3) is 11.8 Å². The van der Waals surface area contributed by atoms with Gasteiger partial charge in [0, 0.05) is 25.0 Å². The summed E-state index contributed by atoms with van der Waals surface area (Å²) in [6, 6.07) is 25.1. The van der Waals surface area contributed by atoms with Gasteiger partial charge in [-0.05, 0) is 53.3 Å². The lowest BCUT2D eigenvalue weighted by atomic mass is 10.1. The molecule has 2 amide bonds. The molecule has 7 nitrogen and oxygen atoms in total. The van der Waals surface area contributed by atoms with Crippen LogP contribution in [0, 0.1) is 0 Å². The fourth-order valence-electron chi connectivity index (χ4n) is 4.57. The van der Waals surface area contributed by atoms with E-state index >= 15 is 0 Å². The van der Waals surface area contributed by atoms with E-state index in [4.69, 9.17) is 0 Å². The zero-order valence-electron chi connectivity index (χ0n) is 19.3. The summed E-state index contributed by atoms with van der Waals surface area (Å²) in [5, 5.41) is 24.6. The van der Waals surface area contributed by atoms with Gasteiger partial charge in [0.15, 0.2) is 12.2 Å². The molecule has 0 spiro atoms. The van der Waals surface area contributed by atoms with Crippen molar-refractivity contribution in [2.45, 2.75) is 38.3 Å². The maximum atomic E-state index is 12.7. The molecule has 178 valence electrons. The Morgan fingerprint density at radius 3 is 2.14 bits per heavy atom.